The first-order chi connectivity index (χ1) is 8.58. The number of hydrogen-bond donors (Lipinski definition) is 2. The maximum atomic E-state index is 13.5. The van der Waals surface area contributed by atoms with E-state index in [0.29, 0.717) is 16.6 Å². The molecule has 0 aromatic heterocycles. The van der Waals surface area contributed by atoms with E-state index in [1.54, 1.807) is 6.07 Å². The van der Waals surface area contributed by atoms with Crippen molar-refractivity contribution in [3.05, 3.63) is 22.4 Å². The summed E-state index contributed by atoms with van der Waals surface area (Å²) in [5, 5.41) is 6.23. The lowest BCUT2D eigenvalue weighted by atomic mass is 9.93. The summed E-state index contributed by atoms with van der Waals surface area (Å²) >= 11 is 3.18. The Bertz CT molecular complexity index is 512. The van der Waals surface area contributed by atoms with Crippen LogP contribution in [-0.2, 0) is 4.79 Å². The van der Waals surface area contributed by atoms with Crippen molar-refractivity contribution in [2.75, 3.05) is 10.6 Å². The van der Waals surface area contributed by atoms with Gasteiger partial charge in [-0.05, 0) is 34.8 Å². The second-order valence-electron chi connectivity index (χ2n) is 5.15. The summed E-state index contributed by atoms with van der Waals surface area (Å²) in [5.74, 6) is -0.400. The molecule has 96 valence electrons. The van der Waals surface area contributed by atoms with Gasteiger partial charge < -0.3 is 10.6 Å². The normalized spacial score (nSPS) is 21.1. The van der Waals surface area contributed by atoms with Gasteiger partial charge in [0, 0.05) is 18.0 Å². The lowest BCUT2D eigenvalue weighted by Gasteiger charge is -2.28. The molecule has 3 rings (SSSR count). The smallest absolute Gasteiger partial charge is 0.226 e. The van der Waals surface area contributed by atoms with Gasteiger partial charge in [-0.1, -0.05) is 12.8 Å². The van der Waals surface area contributed by atoms with Gasteiger partial charge >= 0.3 is 0 Å². The maximum Gasteiger partial charge on any atom is 0.226 e. The Morgan fingerprint density at radius 2 is 1.94 bits per heavy atom. The van der Waals surface area contributed by atoms with Gasteiger partial charge in [0.1, 0.15) is 5.82 Å². The third kappa shape index (κ3) is 2.00. The number of carbonyl (C=O) groups excluding carboxylic acids is 1. The molecular formula is C13H14BrFN2O. The van der Waals surface area contributed by atoms with E-state index < -0.39 is 0 Å². The van der Waals surface area contributed by atoms with Crippen LogP contribution in [-0.4, -0.2) is 11.4 Å². The van der Waals surface area contributed by atoms with E-state index in [0.717, 1.165) is 31.4 Å². The van der Waals surface area contributed by atoms with Crippen molar-refractivity contribution in [2.24, 2.45) is 0 Å². The van der Waals surface area contributed by atoms with Crippen molar-refractivity contribution >= 4 is 33.2 Å². The predicted molar refractivity (Wildman–Crippen MR) is 72.2 cm³/mol. The van der Waals surface area contributed by atoms with Crippen molar-refractivity contribution in [3.63, 3.8) is 0 Å². The van der Waals surface area contributed by atoms with Gasteiger partial charge in [-0.3, -0.25) is 4.79 Å². The van der Waals surface area contributed by atoms with Gasteiger partial charge in [-0.2, -0.15) is 0 Å². The van der Waals surface area contributed by atoms with Crippen molar-refractivity contribution in [2.45, 2.75) is 37.6 Å². The Morgan fingerprint density at radius 1 is 1.22 bits per heavy atom. The molecule has 1 amide bonds. The molecule has 0 saturated heterocycles. The van der Waals surface area contributed by atoms with E-state index in [-0.39, 0.29) is 17.3 Å². The first-order valence-corrected chi connectivity index (χ1v) is 6.94. The Morgan fingerprint density at radius 3 is 2.67 bits per heavy atom. The van der Waals surface area contributed by atoms with Crippen molar-refractivity contribution in [1.29, 1.82) is 0 Å². The van der Waals surface area contributed by atoms with E-state index in [1.807, 2.05) is 0 Å². The van der Waals surface area contributed by atoms with Crippen LogP contribution in [0.1, 0.15) is 32.1 Å². The first kappa shape index (κ1) is 12.0. The zero-order chi connectivity index (χ0) is 12.8. The molecule has 0 unspecified atom stereocenters. The van der Waals surface area contributed by atoms with Crippen LogP contribution in [0.15, 0.2) is 16.6 Å². The number of rotatable bonds is 0. The second-order valence-corrected chi connectivity index (χ2v) is 6.00. The zero-order valence-electron chi connectivity index (χ0n) is 9.85. The van der Waals surface area contributed by atoms with Crippen molar-refractivity contribution in [3.8, 4) is 0 Å². The fourth-order valence-corrected chi connectivity index (χ4v) is 3.28. The number of fused-ring (bicyclic) bond motifs is 1. The van der Waals surface area contributed by atoms with E-state index in [9.17, 15) is 9.18 Å². The van der Waals surface area contributed by atoms with Gasteiger partial charge in [-0.25, -0.2) is 4.39 Å². The Labute approximate surface area is 113 Å². The predicted octanol–water partition coefficient (Wildman–Crippen LogP) is 3.66. The van der Waals surface area contributed by atoms with E-state index in [2.05, 4.69) is 26.6 Å². The summed E-state index contributed by atoms with van der Waals surface area (Å²) in [7, 11) is 0. The van der Waals surface area contributed by atoms with Crippen LogP contribution < -0.4 is 10.6 Å². The van der Waals surface area contributed by atoms with Gasteiger partial charge in [0.25, 0.3) is 0 Å². The SMILES string of the molecule is O=C1CC2(CCCC2)Nc2cc(Br)c(F)cc2N1. The summed E-state index contributed by atoms with van der Waals surface area (Å²) in [6.07, 6.45) is 4.72. The molecule has 1 fully saturated rings. The molecule has 2 aliphatic rings. The fourth-order valence-electron chi connectivity index (χ4n) is 2.94. The quantitative estimate of drug-likeness (QED) is 0.767. The highest BCUT2D eigenvalue weighted by molar-refractivity contribution is 9.10. The molecule has 1 heterocycles. The summed E-state index contributed by atoms with van der Waals surface area (Å²) in [5.41, 5.74) is 1.19. The number of carbonyl (C=O) groups is 1. The minimum atomic E-state index is -0.363. The maximum absolute atomic E-state index is 13.5. The number of anilines is 2. The summed E-state index contributed by atoms with van der Waals surface area (Å²) in [6.45, 7) is 0. The van der Waals surface area contributed by atoms with E-state index >= 15 is 0 Å². The third-order valence-electron chi connectivity index (χ3n) is 3.79. The molecule has 18 heavy (non-hydrogen) atoms. The van der Waals surface area contributed by atoms with E-state index in [1.165, 1.54) is 6.07 Å². The topological polar surface area (TPSA) is 41.1 Å². The van der Waals surface area contributed by atoms with Gasteiger partial charge in [0.15, 0.2) is 0 Å². The number of nitrogens with one attached hydrogen (secondary N) is 2. The summed E-state index contributed by atoms with van der Waals surface area (Å²) in [4.78, 5) is 11.9. The molecule has 2 N–H and O–H groups in total. The Kier molecular flexibility index (Phi) is 2.81. The molecule has 1 spiro atoms. The van der Waals surface area contributed by atoms with E-state index in [4.69, 9.17) is 0 Å². The summed E-state index contributed by atoms with van der Waals surface area (Å²) in [6, 6.07) is 3.06. The molecule has 1 aliphatic carbocycles. The molecule has 0 bridgehead atoms. The van der Waals surface area contributed by atoms with Crippen molar-refractivity contribution in [1.82, 2.24) is 0 Å². The third-order valence-corrected chi connectivity index (χ3v) is 4.40. The highest BCUT2D eigenvalue weighted by Crippen LogP contribution is 2.41. The highest BCUT2D eigenvalue weighted by Gasteiger charge is 2.38. The number of halogens is 2. The number of hydrogen-bond acceptors (Lipinski definition) is 2. The monoisotopic (exact) mass is 312 g/mol. The second kappa shape index (κ2) is 4.23. The van der Waals surface area contributed by atoms with Crippen LogP contribution >= 0.6 is 15.9 Å². The van der Waals surface area contributed by atoms with Crippen LogP contribution in [0.4, 0.5) is 15.8 Å². The molecule has 1 saturated carbocycles. The molecule has 0 atom stereocenters. The largest absolute Gasteiger partial charge is 0.377 e. The minimum Gasteiger partial charge on any atom is -0.377 e. The van der Waals surface area contributed by atoms with Crippen LogP contribution in [0, 0.1) is 5.82 Å². The van der Waals surface area contributed by atoms with Crippen LogP contribution in [0.5, 0.6) is 0 Å². The Balaban J connectivity index is 2.05. The number of amides is 1. The average molecular weight is 313 g/mol. The molecular weight excluding hydrogens is 299 g/mol. The highest BCUT2D eigenvalue weighted by atomic mass is 79.9. The lowest BCUT2D eigenvalue weighted by Crippen LogP contribution is -2.36. The van der Waals surface area contributed by atoms with Crippen LogP contribution in [0.25, 0.3) is 0 Å². The molecule has 1 aromatic rings. The van der Waals surface area contributed by atoms with Gasteiger partial charge in [-0.15, -0.1) is 0 Å². The van der Waals surface area contributed by atoms with Crippen molar-refractivity contribution < 1.29 is 9.18 Å². The molecule has 1 aromatic carbocycles. The molecule has 3 nitrogen and oxygen atoms in total. The Hall–Kier alpha value is -1.10. The van der Waals surface area contributed by atoms with Crippen LogP contribution in [0.2, 0.25) is 0 Å². The average Bonchev–Trinajstić information content (AvgIpc) is 2.68. The first-order valence-electron chi connectivity index (χ1n) is 6.15. The standard InChI is InChI=1S/C13H14BrFN2O/c14-8-5-11-10(6-9(8)15)16-12(18)7-13(17-11)3-1-2-4-13/h5-6,17H,1-4,7H2,(H,16,18). The number of benzene rings is 1. The molecule has 0 radical (unpaired) electrons. The molecule has 1 aliphatic heterocycles. The molecule has 5 heteroatoms. The van der Waals surface area contributed by atoms with Crippen LogP contribution in [0.3, 0.4) is 0 Å². The zero-order valence-corrected chi connectivity index (χ0v) is 11.4. The van der Waals surface area contributed by atoms with Gasteiger partial charge in [0.2, 0.25) is 5.91 Å². The fraction of sp³-hybridized carbons (Fsp3) is 0.462. The lowest BCUT2D eigenvalue weighted by molar-refractivity contribution is -0.117. The minimum absolute atomic E-state index is 0.0372. The summed E-state index contributed by atoms with van der Waals surface area (Å²) < 4.78 is 13.9. The van der Waals surface area contributed by atoms with Gasteiger partial charge in [0.05, 0.1) is 15.8 Å².